The fourth-order valence-corrected chi connectivity index (χ4v) is 6.94. The van der Waals surface area contributed by atoms with Gasteiger partial charge in [-0.2, -0.15) is 0 Å². The summed E-state index contributed by atoms with van der Waals surface area (Å²) < 4.78 is 34.6. The molecule has 0 aliphatic carbocycles. The molecule has 55 heavy (non-hydrogen) atoms. The van der Waals surface area contributed by atoms with Crippen molar-refractivity contribution in [1.29, 1.82) is 0 Å². The summed E-state index contributed by atoms with van der Waals surface area (Å²) in [5, 5.41) is 0. The van der Waals surface area contributed by atoms with Crippen LogP contribution in [0.5, 0.6) is 0 Å². The second kappa shape index (κ2) is 39.5. The second-order valence-corrected chi connectivity index (χ2v) is 17.8. The molecule has 324 valence electrons. The number of ether oxygens (including phenoxy) is 2. The van der Waals surface area contributed by atoms with Crippen molar-refractivity contribution in [2.75, 3.05) is 54.1 Å². The quantitative estimate of drug-likeness (QED) is 0.0200. The van der Waals surface area contributed by atoms with Crippen LogP contribution in [-0.2, 0) is 27.9 Å². The number of rotatable bonds is 42. The Bertz CT molecular complexity index is 978. The second-order valence-electron chi connectivity index (χ2n) is 16.4. The third-order valence-corrected chi connectivity index (χ3v) is 10.7. The monoisotopic (exact) mass is 798 g/mol. The molecule has 0 spiro atoms. The molecule has 0 saturated carbocycles. The third-order valence-electron chi connectivity index (χ3n) is 9.71. The van der Waals surface area contributed by atoms with E-state index in [0.29, 0.717) is 24.1 Å². The highest BCUT2D eigenvalue weighted by Crippen LogP contribution is 2.38. The van der Waals surface area contributed by atoms with E-state index in [1.54, 1.807) is 0 Å². The van der Waals surface area contributed by atoms with Gasteiger partial charge in [0.15, 0.2) is 0 Å². The molecular formula is C46H88NO7P. The molecule has 9 heteroatoms. The van der Waals surface area contributed by atoms with E-state index in [1.807, 2.05) is 21.1 Å². The van der Waals surface area contributed by atoms with Crippen LogP contribution < -0.4 is 4.89 Å². The standard InChI is InChI=1S/C46H88NO7P/c1-6-8-10-12-14-16-18-20-22-24-25-27-29-31-33-35-37-39-46(48)54-45(44-53-55(49,50)52-42-40-47(3,4)5)43-51-41-38-36-34-32-30-28-26-23-21-19-17-15-13-11-9-7-2/h8,10,14,16,20,22,45H,6-7,9,11-13,15,17-19,21,23-44H2,1-5H3/b10-8-,16-14-,22-20-. The van der Waals surface area contributed by atoms with E-state index in [-0.39, 0.29) is 25.8 Å². The molecular weight excluding hydrogens is 709 g/mol. The fraction of sp³-hybridized carbons (Fsp3) is 0.848. The first-order chi connectivity index (χ1) is 26.6. The number of nitrogens with zero attached hydrogens (tertiary/aromatic N) is 1. The number of unbranched alkanes of at least 4 members (excludes halogenated alkanes) is 22. The molecule has 0 rings (SSSR count). The Kier molecular flexibility index (Phi) is 38.6. The van der Waals surface area contributed by atoms with E-state index in [1.165, 1.54) is 116 Å². The maximum absolute atomic E-state index is 12.7. The number of hydrogen-bond acceptors (Lipinski definition) is 7. The average Bonchev–Trinajstić information content (AvgIpc) is 3.13. The van der Waals surface area contributed by atoms with Crippen LogP contribution in [0, 0.1) is 0 Å². The molecule has 0 aromatic heterocycles. The van der Waals surface area contributed by atoms with E-state index < -0.39 is 13.9 Å². The minimum atomic E-state index is -4.53. The van der Waals surface area contributed by atoms with Gasteiger partial charge < -0.3 is 27.9 Å². The number of esters is 1. The molecule has 0 heterocycles. The lowest BCUT2D eigenvalue weighted by molar-refractivity contribution is -0.870. The Balaban J connectivity index is 4.21. The van der Waals surface area contributed by atoms with Gasteiger partial charge in [-0.1, -0.05) is 179 Å². The molecule has 0 N–H and O–H groups in total. The van der Waals surface area contributed by atoms with Crippen molar-refractivity contribution >= 4 is 13.8 Å². The molecule has 0 amide bonds. The van der Waals surface area contributed by atoms with Crippen molar-refractivity contribution in [3.63, 3.8) is 0 Å². The predicted octanol–water partition coefficient (Wildman–Crippen LogP) is 12.8. The lowest BCUT2D eigenvalue weighted by Crippen LogP contribution is -2.37. The number of carbonyl (C=O) groups excluding carboxylic acids is 1. The smallest absolute Gasteiger partial charge is 0.306 e. The summed E-state index contributed by atoms with van der Waals surface area (Å²) in [5.41, 5.74) is 0. The maximum atomic E-state index is 12.7. The van der Waals surface area contributed by atoms with E-state index in [9.17, 15) is 14.3 Å². The molecule has 2 unspecified atom stereocenters. The highest BCUT2D eigenvalue weighted by molar-refractivity contribution is 7.45. The molecule has 0 aliphatic heterocycles. The molecule has 0 aliphatic rings. The minimum Gasteiger partial charge on any atom is -0.756 e. The Labute approximate surface area is 340 Å². The lowest BCUT2D eigenvalue weighted by Gasteiger charge is -2.28. The molecule has 0 bridgehead atoms. The first-order valence-electron chi connectivity index (χ1n) is 22.7. The van der Waals surface area contributed by atoms with Gasteiger partial charge in [-0.15, -0.1) is 0 Å². The predicted molar refractivity (Wildman–Crippen MR) is 231 cm³/mol. The van der Waals surface area contributed by atoms with Gasteiger partial charge in [-0.3, -0.25) is 9.36 Å². The number of quaternary nitrogens is 1. The lowest BCUT2D eigenvalue weighted by atomic mass is 10.0. The summed E-state index contributed by atoms with van der Waals surface area (Å²) in [6.07, 6.45) is 45.8. The molecule has 2 atom stereocenters. The summed E-state index contributed by atoms with van der Waals surface area (Å²) in [6.45, 7) is 5.31. The van der Waals surface area contributed by atoms with Gasteiger partial charge in [-0.25, -0.2) is 0 Å². The number of phosphoric ester groups is 1. The van der Waals surface area contributed by atoms with Crippen molar-refractivity contribution in [3.05, 3.63) is 36.5 Å². The number of phosphoric acid groups is 1. The summed E-state index contributed by atoms with van der Waals surface area (Å²) in [5.74, 6) is -0.342. The highest BCUT2D eigenvalue weighted by atomic mass is 31.2. The molecule has 0 aromatic carbocycles. The fourth-order valence-electron chi connectivity index (χ4n) is 6.21. The largest absolute Gasteiger partial charge is 0.756 e. The van der Waals surface area contributed by atoms with Crippen LogP contribution >= 0.6 is 7.82 Å². The Morgan fingerprint density at radius 2 is 1.05 bits per heavy atom. The Morgan fingerprint density at radius 1 is 0.582 bits per heavy atom. The van der Waals surface area contributed by atoms with Gasteiger partial charge in [0.05, 0.1) is 34.4 Å². The van der Waals surface area contributed by atoms with Crippen LogP contribution in [0.4, 0.5) is 0 Å². The van der Waals surface area contributed by atoms with Gasteiger partial charge in [0, 0.05) is 13.0 Å². The van der Waals surface area contributed by atoms with E-state index >= 15 is 0 Å². The van der Waals surface area contributed by atoms with Gasteiger partial charge in [-0.05, 0) is 44.9 Å². The number of allylic oxidation sites excluding steroid dienone is 6. The average molecular weight is 798 g/mol. The zero-order valence-corrected chi connectivity index (χ0v) is 37.5. The van der Waals surface area contributed by atoms with Crippen molar-refractivity contribution in [2.24, 2.45) is 0 Å². The maximum Gasteiger partial charge on any atom is 0.306 e. The Morgan fingerprint density at radius 3 is 1.58 bits per heavy atom. The van der Waals surface area contributed by atoms with Crippen LogP contribution in [-0.4, -0.2) is 70.7 Å². The highest BCUT2D eigenvalue weighted by Gasteiger charge is 2.20. The van der Waals surface area contributed by atoms with Crippen LogP contribution in [0.25, 0.3) is 0 Å². The van der Waals surface area contributed by atoms with Crippen molar-refractivity contribution in [3.8, 4) is 0 Å². The number of likely N-dealkylation sites (N-methyl/N-ethyl adjacent to an activating group) is 1. The third kappa shape index (κ3) is 43.7. The van der Waals surface area contributed by atoms with Gasteiger partial charge in [0.2, 0.25) is 0 Å². The minimum absolute atomic E-state index is 0.0248. The summed E-state index contributed by atoms with van der Waals surface area (Å²) in [7, 11) is 1.35. The van der Waals surface area contributed by atoms with E-state index in [2.05, 4.69) is 50.3 Å². The summed E-state index contributed by atoms with van der Waals surface area (Å²) in [4.78, 5) is 25.1. The van der Waals surface area contributed by atoms with Crippen LogP contribution in [0.2, 0.25) is 0 Å². The first-order valence-corrected chi connectivity index (χ1v) is 24.2. The van der Waals surface area contributed by atoms with Crippen molar-refractivity contribution in [1.82, 2.24) is 0 Å². The summed E-state index contributed by atoms with van der Waals surface area (Å²) >= 11 is 0. The normalized spacial score (nSPS) is 14.1. The van der Waals surface area contributed by atoms with Crippen molar-refractivity contribution in [2.45, 2.75) is 200 Å². The Hall–Kier alpha value is -1.28. The molecule has 0 aromatic rings. The zero-order valence-electron chi connectivity index (χ0n) is 36.6. The molecule has 8 nitrogen and oxygen atoms in total. The van der Waals surface area contributed by atoms with Crippen LogP contribution in [0.3, 0.4) is 0 Å². The number of carbonyl (C=O) groups is 1. The number of hydrogen-bond donors (Lipinski definition) is 0. The van der Waals surface area contributed by atoms with Gasteiger partial charge >= 0.3 is 5.97 Å². The van der Waals surface area contributed by atoms with Crippen molar-refractivity contribution < 1.29 is 37.3 Å². The molecule has 0 radical (unpaired) electrons. The molecule has 0 fully saturated rings. The molecule has 0 saturated heterocycles. The van der Waals surface area contributed by atoms with Crippen LogP contribution in [0.1, 0.15) is 194 Å². The van der Waals surface area contributed by atoms with Crippen LogP contribution in [0.15, 0.2) is 36.5 Å². The van der Waals surface area contributed by atoms with Gasteiger partial charge in [0.25, 0.3) is 7.82 Å². The summed E-state index contributed by atoms with van der Waals surface area (Å²) in [6, 6.07) is 0. The SMILES string of the molecule is CC/C=C\C/C=C\C/C=C\CCCCCCCCCC(=O)OC(COCCCCCCCCCCCCCCCCCC)COP(=O)([O-])OCC[N+](C)(C)C. The first kappa shape index (κ1) is 53.7. The van der Waals surface area contributed by atoms with E-state index in [4.69, 9.17) is 18.5 Å². The zero-order chi connectivity index (χ0) is 40.6. The van der Waals surface area contributed by atoms with Gasteiger partial charge in [0.1, 0.15) is 19.3 Å². The van der Waals surface area contributed by atoms with E-state index in [0.717, 1.165) is 57.8 Å². The topological polar surface area (TPSA) is 94.1 Å².